The first-order valence-electron chi connectivity index (χ1n) is 6.61. The smallest absolute Gasteiger partial charge is 0.163 e. The van der Waals surface area contributed by atoms with E-state index >= 15 is 0 Å². The van der Waals surface area contributed by atoms with E-state index in [0.717, 1.165) is 23.2 Å². The number of hydrogen-bond acceptors (Lipinski definition) is 7. The van der Waals surface area contributed by atoms with E-state index in [1.54, 1.807) is 6.33 Å². The summed E-state index contributed by atoms with van der Waals surface area (Å²) in [7, 11) is 0. The van der Waals surface area contributed by atoms with Crippen molar-refractivity contribution in [2.75, 3.05) is 19.8 Å². The summed E-state index contributed by atoms with van der Waals surface area (Å²) in [4.78, 5) is 15.3. The zero-order valence-electron chi connectivity index (χ0n) is 10.8. The van der Waals surface area contributed by atoms with Crippen LogP contribution in [0.15, 0.2) is 16.3 Å². The molecule has 1 aromatic heterocycles. The standard InChI is InChI=1S/C12H15N5O3/c18-4-8-7(19)3-9(20-8)17-6-14-10-11-13-1-2-16(11)5-15-12(10)17/h1,6-9,18-19H,2-5H2/t7-,8+,9+/m0/s1. The zero-order chi connectivity index (χ0) is 13.7. The Morgan fingerprint density at radius 1 is 1.45 bits per heavy atom. The van der Waals surface area contributed by atoms with Crippen molar-refractivity contribution in [2.24, 2.45) is 9.98 Å². The summed E-state index contributed by atoms with van der Waals surface area (Å²) in [5.41, 5.74) is 0.728. The monoisotopic (exact) mass is 277 g/mol. The highest BCUT2D eigenvalue weighted by Gasteiger charge is 2.35. The molecule has 0 bridgehead atoms. The van der Waals surface area contributed by atoms with Crippen LogP contribution in [-0.4, -0.2) is 62.9 Å². The van der Waals surface area contributed by atoms with E-state index in [1.165, 1.54) is 0 Å². The predicted octanol–water partition coefficient (Wildman–Crippen LogP) is -2.43. The fourth-order valence-corrected chi connectivity index (χ4v) is 2.81. The van der Waals surface area contributed by atoms with Crippen LogP contribution in [0.3, 0.4) is 0 Å². The van der Waals surface area contributed by atoms with Gasteiger partial charge in [0.05, 0.1) is 25.6 Å². The van der Waals surface area contributed by atoms with Crippen LogP contribution >= 0.6 is 0 Å². The lowest BCUT2D eigenvalue weighted by Crippen LogP contribution is -2.42. The van der Waals surface area contributed by atoms with E-state index in [0.29, 0.717) is 13.1 Å². The number of hydrogen-bond donors (Lipinski definition) is 2. The fraction of sp³-hybridized carbons (Fsp3) is 0.583. The van der Waals surface area contributed by atoms with Crippen LogP contribution in [0.2, 0.25) is 0 Å². The molecule has 2 N–H and O–H groups in total. The van der Waals surface area contributed by atoms with Gasteiger partial charge in [0, 0.05) is 12.6 Å². The molecule has 8 nitrogen and oxygen atoms in total. The van der Waals surface area contributed by atoms with Crippen molar-refractivity contribution in [3.63, 3.8) is 0 Å². The van der Waals surface area contributed by atoms with Crippen molar-refractivity contribution in [3.05, 3.63) is 17.2 Å². The van der Waals surface area contributed by atoms with Gasteiger partial charge in [-0.25, -0.2) is 15.0 Å². The van der Waals surface area contributed by atoms with Gasteiger partial charge < -0.3 is 19.8 Å². The first-order valence-corrected chi connectivity index (χ1v) is 6.61. The van der Waals surface area contributed by atoms with Crippen LogP contribution in [0.1, 0.15) is 12.6 Å². The Balaban J connectivity index is 1.76. The van der Waals surface area contributed by atoms with Crippen molar-refractivity contribution >= 4 is 12.0 Å². The average molecular weight is 277 g/mol. The van der Waals surface area contributed by atoms with Crippen molar-refractivity contribution in [3.8, 4) is 0 Å². The average Bonchev–Trinajstić information content (AvgIpc) is 3.13. The summed E-state index contributed by atoms with van der Waals surface area (Å²) >= 11 is 0. The highest BCUT2D eigenvalue weighted by molar-refractivity contribution is 5.72. The van der Waals surface area contributed by atoms with Crippen molar-refractivity contribution < 1.29 is 14.9 Å². The quantitative estimate of drug-likeness (QED) is 0.626. The minimum absolute atomic E-state index is 0.193. The molecule has 3 aliphatic heterocycles. The van der Waals surface area contributed by atoms with Crippen LogP contribution in [0.5, 0.6) is 0 Å². The number of nitrogens with zero attached hydrogens (tertiary/aromatic N) is 5. The minimum atomic E-state index is -0.666. The van der Waals surface area contributed by atoms with Crippen molar-refractivity contribution in [1.82, 2.24) is 14.5 Å². The summed E-state index contributed by atoms with van der Waals surface area (Å²) in [6.45, 7) is 1.12. The number of ether oxygens (including phenoxy) is 1. The molecule has 0 aromatic carbocycles. The maximum absolute atomic E-state index is 9.83. The topological polar surface area (TPSA) is 95.5 Å². The van der Waals surface area contributed by atoms with Crippen molar-refractivity contribution in [1.29, 1.82) is 0 Å². The number of imidazole rings is 1. The lowest BCUT2D eigenvalue weighted by Gasteiger charge is -2.18. The van der Waals surface area contributed by atoms with E-state index < -0.39 is 12.2 Å². The van der Waals surface area contributed by atoms with Gasteiger partial charge in [-0.05, 0) is 0 Å². The minimum Gasteiger partial charge on any atom is -0.394 e. The van der Waals surface area contributed by atoms with E-state index in [2.05, 4.69) is 15.0 Å². The number of aliphatic hydroxyl groups excluding tert-OH is 2. The second-order valence-corrected chi connectivity index (χ2v) is 5.10. The van der Waals surface area contributed by atoms with E-state index in [4.69, 9.17) is 9.84 Å². The molecule has 4 heterocycles. The molecule has 4 rings (SSSR count). The van der Waals surface area contributed by atoms with E-state index in [9.17, 15) is 5.11 Å². The predicted molar refractivity (Wildman–Crippen MR) is 68.1 cm³/mol. The van der Waals surface area contributed by atoms with Crippen LogP contribution in [0.25, 0.3) is 5.82 Å². The first kappa shape index (κ1) is 12.0. The highest BCUT2D eigenvalue weighted by Crippen LogP contribution is 2.27. The molecular formula is C12H15N5O3. The molecule has 1 aromatic rings. The van der Waals surface area contributed by atoms with Crippen LogP contribution in [0.4, 0.5) is 0 Å². The molecule has 0 amide bonds. The lowest BCUT2D eigenvalue weighted by molar-refractivity contribution is -0.0456. The van der Waals surface area contributed by atoms with Gasteiger partial charge in [0.2, 0.25) is 0 Å². The first-order chi connectivity index (χ1) is 9.78. The summed E-state index contributed by atoms with van der Waals surface area (Å²) in [5.74, 6) is 0.839. The Morgan fingerprint density at radius 3 is 3.15 bits per heavy atom. The molecule has 20 heavy (non-hydrogen) atoms. The third-order valence-electron chi connectivity index (χ3n) is 3.88. The van der Waals surface area contributed by atoms with Gasteiger partial charge in [0.25, 0.3) is 0 Å². The highest BCUT2D eigenvalue weighted by atomic mass is 16.5. The Bertz CT molecular complexity index is 682. The van der Waals surface area contributed by atoms with Crippen LogP contribution in [-0.2, 0) is 4.74 Å². The zero-order valence-corrected chi connectivity index (χ0v) is 10.8. The molecule has 1 saturated heterocycles. The molecule has 3 aliphatic rings. The Hall–Kier alpha value is -1.77. The Morgan fingerprint density at radius 2 is 2.35 bits per heavy atom. The van der Waals surface area contributed by atoms with Crippen molar-refractivity contribution in [2.45, 2.75) is 24.9 Å². The number of fused-ring (bicyclic) bond motifs is 2. The Labute approximate surface area is 114 Å². The van der Waals surface area contributed by atoms with Crippen LogP contribution in [0, 0.1) is 0 Å². The molecule has 106 valence electrons. The maximum Gasteiger partial charge on any atom is 0.163 e. The second-order valence-electron chi connectivity index (χ2n) is 5.10. The van der Waals surface area contributed by atoms with Gasteiger partial charge in [0.1, 0.15) is 24.3 Å². The maximum atomic E-state index is 9.83. The Kier molecular flexibility index (Phi) is 2.62. The lowest BCUT2D eigenvalue weighted by atomic mass is 10.2. The third-order valence-corrected chi connectivity index (χ3v) is 3.88. The second kappa shape index (κ2) is 4.37. The molecule has 0 saturated carbocycles. The summed E-state index contributed by atoms with van der Waals surface area (Å²) in [6.07, 6.45) is 2.37. The van der Waals surface area contributed by atoms with Gasteiger partial charge >= 0.3 is 0 Å². The van der Waals surface area contributed by atoms with Gasteiger partial charge in [-0.3, -0.25) is 4.57 Å². The molecule has 1 fully saturated rings. The number of aliphatic hydroxyl groups is 2. The number of aromatic nitrogens is 2. The normalized spacial score (nSPS) is 31.4. The molecule has 0 aliphatic carbocycles. The fourth-order valence-electron chi connectivity index (χ4n) is 2.81. The molecule has 8 heteroatoms. The van der Waals surface area contributed by atoms with E-state index in [-0.39, 0.29) is 12.8 Å². The van der Waals surface area contributed by atoms with Gasteiger partial charge in [-0.2, -0.15) is 0 Å². The number of aliphatic imine (C=N–C) groups is 1. The van der Waals surface area contributed by atoms with Gasteiger partial charge in [0.15, 0.2) is 11.3 Å². The SMILES string of the molecule is OC[C@H]1O[C@@H](n2cnc3c2=NCN2CC=NC=32)C[C@@H]1O. The van der Waals surface area contributed by atoms with Crippen LogP contribution < -0.4 is 10.8 Å². The summed E-state index contributed by atoms with van der Waals surface area (Å²) in [5, 5.41) is 19.7. The summed E-state index contributed by atoms with van der Waals surface area (Å²) < 4.78 is 7.46. The van der Waals surface area contributed by atoms with Gasteiger partial charge in [-0.15, -0.1) is 0 Å². The summed E-state index contributed by atoms with van der Waals surface area (Å²) in [6, 6.07) is 0. The van der Waals surface area contributed by atoms with Gasteiger partial charge in [-0.1, -0.05) is 0 Å². The third kappa shape index (κ3) is 1.62. The number of rotatable bonds is 2. The molecular weight excluding hydrogens is 262 g/mol. The van der Waals surface area contributed by atoms with E-state index in [1.807, 2.05) is 15.7 Å². The largest absolute Gasteiger partial charge is 0.394 e. The molecule has 0 spiro atoms. The molecule has 0 radical (unpaired) electrons. The molecule has 0 unspecified atom stereocenters. The molecule has 3 atom stereocenters.